The van der Waals surface area contributed by atoms with Crippen LogP contribution in [0, 0.1) is 0 Å². The molecule has 1 saturated carbocycles. The molecule has 0 unspecified atom stereocenters. The van der Waals surface area contributed by atoms with Crippen molar-refractivity contribution in [2.45, 2.75) is 36.9 Å². The highest BCUT2D eigenvalue weighted by atomic mass is 16.7. The zero-order chi connectivity index (χ0) is 16.0. The van der Waals surface area contributed by atoms with Crippen molar-refractivity contribution in [1.82, 2.24) is 0 Å². The van der Waals surface area contributed by atoms with Crippen molar-refractivity contribution in [3.05, 3.63) is 71.3 Å². The van der Waals surface area contributed by atoms with Crippen LogP contribution in [0.15, 0.2) is 54.6 Å². The minimum Gasteiger partial charge on any atom is -0.348 e. The van der Waals surface area contributed by atoms with Crippen molar-refractivity contribution >= 4 is 11.6 Å². The molecule has 5 rings (SSSR count). The summed E-state index contributed by atoms with van der Waals surface area (Å²) in [5.74, 6) is -0.315. The van der Waals surface area contributed by atoms with Gasteiger partial charge in [0, 0.05) is 18.3 Å². The first-order valence-electron chi connectivity index (χ1n) is 8.97. The molecule has 1 heterocycles. The standard InChI is InChI=1S/C22H22O2/c1-2-6-17(7-3-1)20-16-18-8-4-5-9-19(18)21(20)10-12-22(13-11-21)23-14-15-24-22/h1-9,16H,10-15H2. The summed E-state index contributed by atoms with van der Waals surface area (Å²) in [4.78, 5) is 0. The highest BCUT2D eigenvalue weighted by Crippen LogP contribution is 2.57. The molecule has 1 aliphatic heterocycles. The van der Waals surface area contributed by atoms with Crippen LogP contribution in [0.2, 0.25) is 0 Å². The van der Waals surface area contributed by atoms with Crippen molar-refractivity contribution in [2.75, 3.05) is 13.2 Å². The van der Waals surface area contributed by atoms with Crippen molar-refractivity contribution in [3.63, 3.8) is 0 Å². The molecule has 2 fully saturated rings. The molecule has 0 bridgehead atoms. The van der Waals surface area contributed by atoms with Gasteiger partial charge in [-0.15, -0.1) is 0 Å². The molecule has 2 aliphatic carbocycles. The molecule has 2 aromatic carbocycles. The first-order chi connectivity index (χ1) is 11.8. The van der Waals surface area contributed by atoms with Gasteiger partial charge in [0.1, 0.15) is 0 Å². The lowest BCUT2D eigenvalue weighted by Crippen LogP contribution is -2.42. The second-order valence-corrected chi connectivity index (χ2v) is 7.20. The first-order valence-corrected chi connectivity index (χ1v) is 8.97. The van der Waals surface area contributed by atoms with Gasteiger partial charge in [-0.3, -0.25) is 0 Å². The fourth-order valence-electron chi connectivity index (χ4n) is 4.86. The Morgan fingerprint density at radius 1 is 0.708 bits per heavy atom. The number of hydrogen-bond acceptors (Lipinski definition) is 2. The molecule has 2 spiro atoms. The summed E-state index contributed by atoms with van der Waals surface area (Å²) in [6.45, 7) is 1.48. The summed E-state index contributed by atoms with van der Waals surface area (Å²) >= 11 is 0. The predicted octanol–water partition coefficient (Wildman–Crippen LogP) is 4.80. The maximum absolute atomic E-state index is 5.97. The third kappa shape index (κ3) is 2.03. The van der Waals surface area contributed by atoms with Crippen LogP contribution in [-0.4, -0.2) is 19.0 Å². The lowest BCUT2D eigenvalue weighted by molar-refractivity contribution is -0.182. The third-order valence-corrected chi connectivity index (χ3v) is 6.06. The van der Waals surface area contributed by atoms with E-state index < -0.39 is 0 Å². The van der Waals surface area contributed by atoms with E-state index in [9.17, 15) is 0 Å². The van der Waals surface area contributed by atoms with Crippen LogP contribution in [0.5, 0.6) is 0 Å². The van der Waals surface area contributed by atoms with Crippen molar-refractivity contribution in [3.8, 4) is 0 Å². The summed E-state index contributed by atoms with van der Waals surface area (Å²) in [5.41, 5.74) is 5.78. The fraction of sp³-hybridized carbons (Fsp3) is 0.364. The molecule has 2 nitrogen and oxygen atoms in total. The van der Waals surface area contributed by atoms with Crippen molar-refractivity contribution in [2.24, 2.45) is 0 Å². The van der Waals surface area contributed by atoms with E-state index in [1.807, 2.05) is 0 Å². The van der Waals surface area contributed by atoms with Gasteiger partial charge in [-0.2, -0.15) is 0 Å². The molecule has 0 radical (unpaired) electrons. The van der Waals surface area contributed by atoms with Crippen LogP contribution in [0.4, 0.5) is 0 Å². The van der Waals surface area contributed by atoms with Crippen LogP contribution in [0.1, 0.15) is 42.4 Å². The smallest absolute Gasteiger partial charge is 0.168 e. The molecule has 0 atom stereocenters. The molecule has 0 aromatic heterocycles. The first kappa shape index (κ1) is 14.4. The Bertz CT molecular complexity index is 775. The van der Waals surface area contributed by atoms with Gasteiger partial charge >= 0.3 is 0 Å². The van der Waals surface area contributed by atoms with E-state index in [4.69, 9.17) is 9.47 Å². The van der Waals surface area contributed by atoms with Gasteiger partial charge in [0.15, 0.2) is 5.79 Å². The number of allylic oxidation sites excluding steroid dienone is 1. The van der Waals surface area contributed by atoms with Gasteiger partial charge in [0.25, 0.3) is 0 Å². The van der Waals surface area contributed by atoms with E-state index >= 15 is 0 Å². The van der Waals surface area contributed by atoms with Gasteiger partial charge in [-0.1, -0.05) is 54.6 Å². The van der Waals surface area contributed by atoms with Gasteiger partial charge in [-0.05, 0) is 41.2 Å². The summed E-state index contributed by atoms with van der Waals surface area (Å²) in [7, 11) is 0. The normalized spacial score (nSPS) is 23.4. The SMILES string of the molecule is C1=C(c2ccccc2)C2(CCC3(CC2)OCCO3)c2ccccc21. The van der Waals surface area contributed by atoms with E-state index in [0.717, 1.165) is 38.9 Å². The number of benzene rings is 2. The summed E-state index contributed by atoms with van der Waals surface area (Å²) in [5, 5.41) is 0. The van der Waals surface area contributed by atoms with Crippen LogP contribution in [0.25, 0.3) is 11.6 Å². The van der Waals surface area contributed by atoms with E-state index in [-0.39, 0.29) is 11.2 Å². The fourth-order valence-corrected chi connectivity index (χ4v) is 4.86. The topological polar surface area (TPSA) is 18.5 Å². The van der Waals surface area contributed by atoms with Crippen molar-refractivity contribution < 1.29 is 9.47 Å². The van der Waals surface area contributed by atoms with Crippen LogP contribution in [-0.2, 0) is 14.9 Å². The molecule has 0 amide bonds. The Morgan fingerprint density at radius 3 is 2.12 bits per heavy atom. The largest absolute Gasteiger partial charge is 0.348 e. The minimum atomic E-state index is -0.315. The van der Waals surface area contributed by atoms with Crippen LogP contribution in [0.3, 0.4) is 0 Å². The van der Waals surface area contributed by atoms with Crippen LogP contribution >= 0.6 is 0 Å². The van der Waals surface area contributed by atoms with Crippen LogP contribution < -0.4 is 0 Å². The quantitative estimate of drug-likeness (QED) is 0.752. The number of rotatable bonds is 1. The van der Waals surface area contributed by atoms with Gasteiger partial charge < -0.3 is 9.47 Å². The van der Waals surface area contributed by atoms with E-state index in [2.05, 4.69) is 60.7 Å². The van der Waals surface area contributed by atoms with E-state index in [1.165, 1.54) is 22.3 Å². The maximum atomic E-state index is 5.97. The molecule has 2 aromatic rings. The average molecular weight is 318 g/mol. The Labute approximate surface area is 143 Å². The lowest BCUT2D eigenvalue weighted by Gasteiger charge is -2.44. The Balaban J connectivity index is 1.58. The minimum absolute atomic E-state index is 0.110. The third-order valence-electron chi connectivity index (χ3n) is 6.06. The van der Waals surface area contributed by atoms with E-state index in [0.29, 0.717) is 0 Å². The second kappa shape index (κ2) is 5.30. The van der Waals surface area contributed by atoms with Gasteiger partial charge in [-0.25, -0.2) is 0 Å². The summed E-state index contributed by atoms with van der Waals surface area (Å²) in [6, 6.07) is 19.7. The maximum Gasteiger partial charge on any atom is 0.168 e. The monoisotopic (exact) mass is 318 g/mol. The van der Waals surface area contributed by atoms with Gasteiger partial charge in [0.2, 0.25) is 0 Å². The average Bonchev–Trinajstić information content (AvgIpc) is 3.22. The number of hydrogen-bond donors (Lipinski definition) is 0. The highest BCUT2D eigenvalue weighted by molar-refractivity contribution is 5.94. The molecule has 0 N–H and O–H groups in total. The summed E-state index contributed by atoms with van der Waals surface area (Å²) in [6.07, 6.45) is 6.53. The van der Waals surface area contributed by atoms with Crippen molar-refractivity contribution in [1.29, 1.82) is 0 Å². The lowest BCUT2D eigenvalue weighted by atomic mass is 9.64. The molecular weight excluding hydrogens is 296 g/mol. The molecule has 2 heteroatoms. The van der Waals surface area contributed by atoms with E-state index in [1.54, 1.807) is 0 Å². The Hall–Kier alpha value is -1.90. The Morgan fingerprint density at radius 2 is 1.38 bits per heavy atom. The zero-order valence-corrected chi connectivity index (χ0v) is 13.8. The second-order valence-electron chi connectivity index (χ2n) is 7.20. The molecular formula is C22H22O2. The zero-order valence-electron chi connectivity index (χ0n) is 13.8. The molecule has 1 saturated heterocycles. The molecule has 24 heavy (non-hydrogen) atoms. The predicted molar refractivity (Wildman–Crippen MR) is 95.5 cm³/mol. The Kier molecular flexibility index (Phi) is 3.19. The molecule has 3 aliphatic rings. The highest BCUT2D eigenvalue weighted by Gasteiger charge is 2.50. The number of ether oxygens (including phenoxy) is 2. The molecule has 122 valence electrons. The van der Waals surface area contributed by atoms with Gasteiger partial charge in [0.05, 0.1) is 13.2 Å². The number of fused-ring (bicyclic) bond motifs is 2. The summed E-state index contributed by atoms with van der Waals surface area (Å²) < 4.78 is 11.9.